The quantitative estimate of drug-likeness (QED) is 0.685. The molecule has 0 radical (unpaired) electrons. The topological polar surface area (TPSA) is 81.1 Å². The zero-order chi connectivity index (χ0) is 18.2. The van der Waals surface area contributed by atoms with Gasteiger partial charge >= 0.3 is 6.03 Å². The zero-order valence-electron chi connectivity index (χ0n) is 14.6. The third-order valence-corrected chi connectivity index (χ3v) is 3.81. The van der Waals surface area contributed by atoms with Crippen molar-refractivity contribution in [3.8, 4) is 17.1 Å². The molecule has 2 amide bonds. The van der Waals surface area contributed by atoms with E-state index >= 15 is 0 Å². The number of methoxy groups -OCH3 is 1. The van der Waals surface area contributed by atoms with Crippen molar-refractivity contribution >= 4 is 6.03 Å². The van der Waals surface area contributed by atoms with Crippen molar-refractivity contribution in [2.45, 2.75) is 13.1 Å². The molecule has 2 N–H and O–H groups in total. The van der Waals surface area contributed by atoms with E-state index in [4.69, 9.17) is 4.74 Å². The summed E-state index contributed by atoms with van der Waals surface area (Å²) in [6.07, 6.45) is 3.62. The van der Waals surface area contributed by atoms with Gasteiger partial charge in [-0.2, -0.15) is 5.10 Å². The maximum atomic E-state index is 11.9. The average molecular weight is 351 g/mol. The van der Waals surface area contributed by atoms with Gasteiger partial charge in [-0.05, 0) is 35.9 Å². The Morgan fingerprint density at radius 3 is 2.65 bits per heavy atom. The van der Waals surface area contributed by atoms with E-state index in [2.05, 4.69) is 20.7 Å². The molecular weight excluding hydrogens is 330 g/mol. The number of hydrogen-bond donors (Lipinski definition) is 2. The molecular formula is C19H21N5O2. The van der Waals surface area contributed by atoms with Gasteiger partial charge in [0.1, 0.15) is 11.4 Å². The van der Waals surface area contributed by atoms with Gasteiger partial charge in [-0.15, -0.1) is 0 Å². The minimum atomic E-state index is -0.210. The van der Waals surface area contributed by atoms with Gasteiger partial charge in [0.15, 0.2) is 0 Å². The third-order valence-electron chi connectivity index (χ3n) is 3.81. The predicted molar refractivity (Wildman–Crippen MR) is 98.7 cm³/mol. The first-order valence-electron chi connectivity index (χ1n) is 8.34. The molecule has 2 heterocycles. The van der Waals surface area contributed by atoms with Crippen LogP contribution in [0.4, 0.5) is 4.79 Å². The highest BCUT2D eigenvalue weighted by Gasteiger charge is 2.04. The van der Waals surface area contributed by atoms with E-state index in [1.165, 1.54) is 0 Å². The van der Waals surface area contributed by atoms with Crippen LogP contribution in [0.1, 0.15) is 5.56 Å². The van der Waals surface area contributed by atoms with E-state index in [1.807, 2.05) is 54.7 Å². The fourth-order valence-electron chi connectivity index (χ4n) is 2.41. The number of aromatic nitrogens is 3. The molecule has 0 fully saturated rings. The molecule has 26 heavy (non-hydrogen) atoms. The van der Waals surface area contributed by atoms with E-state index < -0.39 is 0 Å². The second-order valence-corrected chi connectivity index (χ2v) is 5.64. The van der Waals surface area contributed by atoms with Crippen molar-refractivity contribution in [1.82, 2.24) is 25.4 Å². The van der Waals surface area contributed by atoms with Gasteiger partial charge < -0.3 is 15.4 Å². The van der Waals surface area contributed by atoms with E-state index in [0.717, 1.165) is 22.7 Å². The van der Waals surface area contributed by atoms with Gasteiger partial charge in [-0.3, -0.25) is 9.67 Å². The Kier molecular flexibility index (Phi) is 5.82. The number of hydrogen-bond acceptors (Lipinski definition) is 4. The summed E-state index contributed by atoms with van der Waals surface area (Å²) in [4.78, 5) is 16.1. The predicted octanol–water partition coefficient (Wildman–Crippen LogP) is 2.45. The first-order chi connectivity index (χ1) is 12.7. The number of carbonyl (C=O) groups excluding carboxylic acids is 1. The fourth-order valence-corrected chi connectivity index (χ4v) is 2.41. The largest absolute Gasteiger partial charge is 0.497 e. The molecule has 134 valence electrons. The van der Waals surface area contributed by atoms with Gasteiger partial charge in [0, 0.05) is 25.5 Å². The van der Waals surface area contributed by atoms with Crippen molar-refractivity contribution < 1.29 is 9.53 Å². The lowest BCUT2D eigenvalue weighted by atomic mass is 10.2. The molecule has 0 saturated heterocycles. The summed E-state index contributed by atoms with van der Waals surface area (Å²) >= 11 is 0. The summed E-state index contributed by atoms with van der Waals surface area (Å²) in [7, 11) is 1.62. The van der Waals surface area contributed by atoms with Crippen molar-refractivity contribution in [1.29, 1.82) is 0 Å². The van der Waals surface area contributed by atoms with E-state index in [9.17, 15) is 4.79 Å². The van der Waals surface area contributed by atoms with Crippen LogP contribution in [0.5, 0.6) is 5.75 Å². The Bertz CT molecular complexity index is 831. The van der Waals surface area contributed by atoms with Crippen LogP contribution in [0, 0.1) is 0 Å². The van der Waals surface area contributed by atoms with Gasteiger partial charge in [0.25, 0.3) is 0 Å². The molecule has 0 unspecified atom stereocenters. The van der Waals surface area contributed by atoms with Gasteiger partial charge in [-0.1, -0.05) is 18.2 Å². The summed E-state index contributed by atoms with van der Waals surface area (Å²) in [6.45, 7) is 1.53. The summed E-state index contributed by atoms with van der Waals surface area (Å²) in [6, 6.07) is 15.0. The molecule has 0 aliphatic carbocycles. The maximum absolute atomic E-state index is 11.9. The van der Waals surface area contributed by atoms with Crippen molar-refractivity contribution in [2.75, 3.05) is 13.7 Å². The van der Waals surface area contributed by atoms with Gasteiger partial charge in [0.05, 0.1) is 19.3 Å². The second-order valence-electron chi connectivity index (χ2n) is 5.64. The molecule has 0 spiro atoms. The summed E-state index contributed by atoms with van der Waals surface area (Å²) in [5.41, 5.74) is 2.65. The second kappa shape index (κ2) is 8.66. The number of nitrogens with one attached hydrogen (secondary N) is 2. The molecule has 3 aromatic rings. The Morgan fingerprint density at radius 1 is 1.08 bits per heavy atom. The minimum Gasteiger partial charge on any atom is -0.497 e. The monoisotopic (exact) mass is 351 g/mol. The molecule has 7 heteroatoms. The number of amides is 2. The molecule has 7 nitrogen and oxygen atoms in total. The van der Waals surface area contributed by atoms with E-state index in [1.54, 1.807) is 18.0 Å². The normalized spacial score (nSPS) is 10.3. The van der Waals surface area contributed by atoms with Crippen LogP contribution in [-0.2, 0) is 13.1 Å². The first-order valence-corrected chi connectivity index (χ1v) is 8.34. The van der Waals surface area contributed by atoms with Crippen LogP contribution in [0.3, 0.4) is 0 Å². The summed E-state index contributed by atoms with van der Waals surface area (Å²) in [5.74, 6) is 0.794. The van der Waals surface area contributed by atoms with Crippen LogP contribution >= 0.6 is 0 Å². The lowest BCUT2D eigenvalue weighted by molar-refractivity contribution is 0.240. The number of nitrogens with zero attached hydrogens (tertiary/aromatic N) is 3. The number of pyridine rings is 1. The molecule has 3 rings (SSSR count). The third kappa shape index (κ3) is 4.83. The highest BCUT2D eigenvalue weighted by Crippen LogP contribution is 2.12. The molecule has 0 aliphatic rings. The van der Waals surface area contributed by atoms with Crippen LogP contribution < -0.4 is 15.4 Å². The number of carbonyl (C=O) groups is 1. The van der Waals surface area contributed by atoms with Crippen molar-refractivity contribution in [3.05, 3.63) is 66.5 Å². The number of urea groups is 1. The van der Waals surface area contributed by atoms with Crippen LogP contribution in [0.2, 0.25) is 0 Å². The highest BCUT2D eigenvalue weighted by atomic mass is 16.5. The van der Waals surface area contributed by atoms with Gasteiger partial charge in [0.2, 0.25) is 0 Å². The summed E-state index contributed by atoms with van der Waals surface area (Å²) < 4.78 is 6.89. The average Bonchev–Trinajstić information content (AvgIpc) is 3.16. The number of benzene rings is 1. The Morgan fingerprint density at radius 2 is 1.92 bits per heavy atom. The SMILES string of the molecule is COc1ccc(CNC(=O)NCCn2ccc(-c3ccccn3)n2)cc1. The van der Waals surface area contributed by atoms with Crippen LogP contribution in [0.15, 0.2) is 60.9 Å². The molecule has 2 aromatic heterocycles. The summed E-state index contributed by atoms with van der Waals surface area (Å²) in [5, 5.41) is 10.1. The maximum Gasteiger partial charge on any atom is 0.315 e. The van der Waals surface area contributed by atoms with E-state index in [-0.39, 0.29) is 6.03 Å². The van der Waals surface area contributed by atoms with Crippen LogP contribution in [-0.4, -0.2) is 34.5 Å². The highest BCUT2D eigenvalue weighted by molar-refractivity contribution is 5.73. The fraction of sp³-hybridized carbons (Fsp3) is 0.211. The smallest absolute Gasteiger partial charge is 0.315 e. The zero-order valence-corrected chi connectivity index (χ0v) is 14.6. The Balaban J connectivity index is 1.40. The minimum absolute atomic E-state index is 0.210. The molecule has 0 atom stereocenters. The first kappa shape index (κ1) is 17.5. The molecule has 0 bridgehead atoms. The van der Waals surface area contributed by atoms with Crippen LogP contribution in [0.25, 0.3) is 11.4 Å². The molecule has 0 aliphatic heterocycles. The molecule has 1 aromatic carbocycles. The van der Waals surface area contributed by atoms with Crippen molar-refractivity contribution in [3.63, 3.8) is 0 Å². The van der Waals surface area contributed by atoms with E-state index in [0.29, 0.717) is 19.6 Å². The lowest BCUT2D eigenvalue weighted by Gasteiger charge is -2.08. The lowest BCUT2D eigenvalue weighted by Crippen LogP contribution is -2.36. The molecule has 0 saturated carbocycles. The number of ether oxygens (including phenoxy) is 1. The van der Waals surface area contributed by atoms with Crippen molar-refractivity contribution in [2.24, 2.45) is 0 Å². The number of rotatable bonds is 7. The van der Waals surface area contributed by atoms with Gasteiger partial charge in [-0.25, -0.2) is 4.79 Å². The Labute approximate surface area is 152 Å². The Hall–Kier alpha value is -3.35. The standard InChI is InChI=1S/C19H21N5O2/c1-26-16-7-5-15(6-8-16)14-22-19(25)21-11-13-24-12-9-18(23-24)17-4-2-3-10-20-17/h2-10,12H,11,13-14H2,1H3,(H2,21,22,25).